The number of aryl methyl sites for hydroxylation is 1. The number of hydrogen-bond acceptors (Lipinski definition) is 3. The van der Waals surface area contributed by atoms with Crippen LogP contribution in [0, 0.1) is 6.92 Å². The van der Waals surface area contributed by atoms with Gasteiger partial charge >= 0.3 is 6.03 Å². The molecule has 0 bridgehead atoms. The maximum absolute atomic E-state index is 12.1. The van der Waals surface area contributed by atoms with E-state index in [0.29, 0.717) is 13.1 Å². The van der Waals surface area contributed by atoms with E-state index in [-0.39, 0.29) is 6.03 Å². The van der Waals surface area contributed by atoms with Gasteiger partial charge in [0.15, 0.2) is 0 Å². The monoisotopic (exact) mass is 375 g/mol. The Labute approximate surface area is 165 Å². The summed E-state index contributed by atoms with van der Waals surface area (Å²) in [7, 11) is 0. The number of anilines is 1. The van der Waals surface area contributed by atoms with Crippen LogP contribution in [-0.2, 0) is 19.4 Å². The molecule has 6 heteroatoms. The molecule has 2 amide bonds. The summed E-state index contributed by atoms with van der Waals surface area (Å²) >= 11 is 0. The van der Waals surface area contributed by atoms with E-state index in [9.17, 15) is 4.79 Å². The van der Waals surface area contributed by atoms with Gasteiger partial charge in [0.25, 0.3) is 0 Å². The summed E-state index contributed by atoms with van der Waals surface area (Å²) in [6, 6.07) is 11.6. The zero-order valence-electron chi connectivity index (χ0n) is 16.1. The Morgan fingerprint density at radius 1 is 1.07 bits per heavy atom. The van der Waals surface area contributed by atoms with Gasteiger partial charge in [0, 0.05) is 41.4 Å². The molecule has 0 radical (unpaired) electrons. The van der Waals surface area contributed by atoms with Crippen molar-refractivity contribution in [2.75, 3.05) is 11.9 Å². The van der Waals surface area contributed by atoms with Crippen LogP contribution in [0.3, 0.4) is 0 Å². The summed E-state index contributed by atoms with van der Waals surface area (Å²) in [5.41, 5.74) is 6.78. The average molecular weight is 375 g/mol. The number of pyridine rings is 1. The topological polar surface area (TPSA) is 71.8 Å². The molecule has 2 N–H and O–H groups in total. The number of fused-ring (bicyclic) bond motifs is 1. The number of rotatable bonds is 5. The molecule has 0 saturated carbocycles. The molecule has 0 atom stereocenters. The third kappa shape index (κ3) is 4.06. The van der Waals surface area contributed by atoms with Crippen LogP contribution in [0.4, 0.5) is 10.5 Å². The summed E-state index contributed by atoms with van der Waals surface area (Å²) in [5, 5.41) is 10.7. The minimum Gasteiger partial charge on any atom is -0.336 e. The average Bonchev–Trinajstić information content (AvgIpc) is 3.09. The van der Waals surface area contributed by atoms with Gasteiger partial charge in [0.1, 0.15) is 0 Å². The molecule has 0 spiro atoms. The largest absolute Gasteiger partial charge is 0.336 e. The predicted molar refractivity (Wildman–Crippen MR) is 110 cm³/mol. The number of nitrogens with one attached hydrogen (secondary N) is 2. The van der Waals surface area contributed by atoms with Crippen LogP contribution in [0.15, 0.2) is 48.8 Å². The molecule has 0 fully saturated rings. The van der Waals surface area contributed by atoms with Crippen LogP contribution in [0.25, 0.3) is 11.3 Å². The number of urea groups is 1. The first-order chi connectivity index (χ1) is 13.7. The Morgan fingerprint density at radius 2 is 1.82 bits per heavy atom. The summed E-state index contributed by atoms with van der Waals surface area (Å²) in [6.45, 7) is 3.21. The van der Waals surface area contributed by atoms with Gasteiger partial charge in [-0.1, -0.05) is 17.7 Å². The number of nitrogens with zero attached hydrogens (tertiary/aromatic N) is 3. The zero-order chi connectivity index (χ0) is 19.3. The summed E-state index contributed by atoms with van der Waals surface area (Å²) in [5.74, 6) is 0. The molecule has 4 rings (SSSR count). The van der Waals surface area contributed by atoms with Crippen LogP contribution < -0.4 is 10.6 Å². The first-order valence-corrected chi connectivity index (χ1v) is 9.81. The summed E-state index contributed by atoms with van der Waals surface area (Å²) in [6.07, 6.45) is 8.11. The highest BCUT2D eigenvalue weighted by Crippen LogP contribution is 2.30. The highest BCUT2D eigenvalue weighted by Gasteiger charge is 2.21. The number of amides is 2. The van der Waals surface area contributed by atoms with E-state index in [1.807, 2.05) is 43.3 Å². The first-order valence-electron chi connectivity index (χ1n) is 9.81. The van der Waals surface area contributed by atoms with Crippen molar-refractivity contribution < 1.29 is 4.79 Å². The van der Waals surface area contributed by atoms with Gasteiger partial charge in [0.05, 0.1) is 12.2 Å². The lowest BCUT2D eigenvalue weighted by Crippen LogP contribution is -2.32. The molecule has 0 unspecified atom stereocenters. The highest BCUT2D eigenvalue weighted by molar-refractivity contribution is 5.89. The molecule has 6 nitrogen and oxygen atoms in total. The number of carbonyl (C=O) groups excluding carboxylic acids is 1. The van der Waals surface area contributed by atoms with Gasteiger partial charge in [-0.3, -0.25) is 9.67 Å². The fraction of sp³-hybridized carbons (Fsp3) is 0.318. The molecule has 3 aromatic rings. The van der Waals surface area contributed by atoms with Crippen molar-refractivity contribution in [3.05, 3.63) is 65.6 Å². The van der Waals surface area contributed by atoms with Crippen molar-refractivity contribution in [1.82, 2.24) is 20.1 Å². The second-order valence-electron chi connectivity index (χ2n) is 7.19. The Hall–Kier alpha value is -3.15. The number of carbonyl (C=O) groups is 1. The third-order valence-electron chi connectivity index (χ3n) is 5.13. The first kappa shape index (κ1) is 18.2. The highest BCUT2D eigenvalue weighted by atomic mass is 16.2. The van der Waals surface area contributed by atoms with E-state index in [4.69, 9.17) is 5.10 Å². The van der Waals surface area contributed by atoms with Crippen molar-refractivity contribution in [3.8, 4) is 11.3 Å². The minimum absolute atomic E-state index is 0.195. The number of benzene rings is 1. The van der Waals surface area contributed by atoms with Crippen molar-refractivity contribution >= 4 is 11.7 Å². The Kier molecular flexibility index (Phi) is 5.37. The Bertz CT molecular complexity index is 947. The molecule has 144 valence electrons. The van der Waals surface area contributed by atoms with Crippen molar-refractivity contribution in [2.24, 2.45) is 0 Å². The molecule has 1 aliphatic rings. The third-order valence-corrected chi connectivity index (χ3v) is 5.13. The van der Waals surface area contributed by atoms with Gasteiger partial charge in [-0.2, -0.15) is 5.10 Å². The maximum Gasteiger partial charge on any atom is 0.319 e. The van der Waals surface area contributed by atoms with Crippen molar-refractivity contribution in [3.63, 3.8) is 0 Å². The summed E-state index contributed by atoms with van der Waals surface area (Å²) < 4.78 is 2.07. The lowest BCUT2D eigenvalue weighted by Gasteiger charge is -2.14. The molecule has 0 aliphatic heterocycles. The molecule has 2 aromatic heterocycles. The van der Waals surface area contributed by atoms with Crippen LogP contribution >= 0.6 is 0 Å². The van der Waals surface area contributed by atoms with Crippen molar-refractivity contribution in [1.29, 1.82) is 0 Å². The quantitative estimate of drug-likeness (QED) is 0.709. The molecule has 2 heterocycles. The van der Waals surface area contributed by atoms with Gasteiger partial charge in [-0.25, -0.2) is 4.79 Å². The standard InChI is InChI=1S/C22H25N5O/c1-16-6-8-18(9-7-16)25-22(28)24-14-15-27-20-5-3-2-4-19(20)21(26-27)17-10-12-23-13-11-17/h6-13H,2-5,14-15H2,1H3,(H2,24,25,28). The van der Waals surface area contributed by atoms with Crippen LogP contribution in [0.2, 0.25) is 0 Å². The fourth-order valence-corrected chi connectivity index (χ4v) is 3.68. The molecular weight excluding hydrogens is 350 g/mol. The molecular formula is C22H25N5O. The molecule has 0 saturated heterocycles. The van der Waals surface area contributed by atoms with Crippen LogP contribution in [0.1, 0.15) is 29.7 Å². The lowest BCUT2D eigenvalue weighted by atomic mass is 9.94. The predicted octanol–water partition coefficient (Wildman–Crippen LogP) is 3.95. The van der Waals surface area contributed by atoms with Gasteiger partial charge in [0.2, 0.25) is 0 Å². The van der Waals surface area contributed by atoms with Crippen LogP contribution in [0.5, 0.6) is 0 Å². The van der Waals surface area contributed by atoms with Gasteiger partial charge in [-0.15, -0.1) is 0 Å². The van der Waals surface area contributed by atoms with E-state index < -0.39 is 0 Å². The number of aromatic nitrogens is 3. The second-order valence-corrected chi connectivity index (χ2v) is 7.19. The summed E-state index contributed by atoms with van der Waals surface area (Å²) in [4.78, 5) is 16.3. The smallest absolute Gasteiger partial charge is 0.319 e. The van der Waals surface area contributed by atoms with E-state index in [1.165, 1.54) is 29.7 Å². The molecule has 1 aromatic carbocycles. The van der Waals surface area contributed by atoms with E-state index >= 15 is 0 Å². The fourth-order valence-electron chi connectivity index (χ4n) is 3.68. The normalized spacial score (nSPS) is 13.0. The zero-order valence-corrected chi connectivity index (χ0v) is 16.1. The van der Waals surface area contributed by atoms with E-state index in [2.05, 4.69) is 20.3 Å². The SMILES string of the molecule is Cc1ccc(NC(=O)NCCn2nc(-c3ccncc3)c3c2CCCC3)cc1. The minimum atomic E-state index is -0.195. The lowest BCUT2D eigenvalue weighted by molar-refractivity contribution is 0.251. The van der Waals surface area contributed by atoms with Gasteiger partial charge in [-0.05, 0) is 56.9 Å². The van der Waals surface area contributed by atoms with Crippen molar-refractivity contribution in [2.45, 2.75) is 39.2 Å². The second kappa shape index (κ2) is 8.25. The number of hydrogen-bond donors (Lipinski definition) is 2. The van der Waals surface area contributed by atoms with E-state index in [0.717, 1.165) is 29.8 Å². The molecule has 28 heavy (non-hydrogen) atoms. The van der Waals surface area contributed by atoms with E-state index in [1.54, 1.807) is 12.4 Å². The maximum atomic E-state index is 12.1. The molecule has 1 aliphatic carbocycles. The van der Waals surface area contributed by atoms with Crippen LogP contribution in [-0.4, -0.2) is 27.3 Å². The Morgan fingerprint density at radius 3 is 2.61 bits per heavy atom. The van der Waals surface area contributed by atoms with Gasteiger partial charge < -0.3 is 10.6 Å². The Balaban J connectivity index is 1.41.